The first-order chi connectivity index (χ1) is 7.88. The van der Waals surface area contributed by atoms with Gasteiger partial charge in [-0.25, -0.2) is 9.59 Å². The molecule has 0 aliphatic heterocycles. The molecule has 0 bridgehead atoms. The molecule has 1 unspecified atom stereocenters. The molecule has 96 valence electrons. The molecular weight excluding hydrogens is 228 g/mol. The monoisotopic (exact) mass is 244 g/mol. The smallest absolute Gasteiger partial charge is 0.368 e. The summed E-state index contributed by atoms with van der Waals surface area (Å²) in [6.45, 7) is 9.50. The summed E-state index contributed by atoms with van der Waals surface area (Å²) in [6.07, 6.45) is -0.975. The van der Waals surface area contributed by atoms with Crippen molar-refractivity contribution in [1.29, 1.82) is 0 Å². The number of rotatable bonds is 7. The number of hydrogen-bond donors (Lipinski definition) is 0. The molecule has 6 nitrogen and oxygen atoms in total. The summed E-state index contributed by atoms with van der Waals surface area (Å²) in [5, 5.41) is 0. The summed E-state index contributed by atoms with van der Waals surface area (Å²) in [4.78, 5) is 31.0. The topological polar surface area (TPSA) is 71.1 Å². The molecule has 6 heteroatoms. The van der Waals surface area contributed by atoms with Crippen LogP contribution in [0.2, 0.25) is 0 Å². The van der Waals surface area contributed by atoms with Crippen molar-refractivity contribution < 1.29 is 28.8 Å². The van der Waals surface area contributed by atoms with Crippen molar-refractivity contribution in [2.75, 3.05) is 13.7 Å². The highest BCUT2D eigenvalue weighted by Gasteiger charge is 2.16. The van der Waals surface area contributed by atoms with Crippen LogP contribution in [0.15, 0.2) is 24.3 Å². The highest BCUT2D eigenvalue weighted by molar-refractivity contribution is 5.87. The normalized spacial score (nSPS) is 11.5. The molecular formula is C11H16O6. The van der Waals surface area contributed by atoms with Crippen LogP contribution < -0.4 is 0 Å². The van der Waals surface area contributed by atoms with Gasteiger partial charge < -0.3 is 9.47 Å². The average Bonchev–Trinajstić information content (AvgIpc) is 2.26. The molecule has 0 aliphatic carbocycles. The van der Waals surface area contributed by atoms with Crippen molar-refractivity contribution in [2.24, 2.45) is 0 Å². The van der Waals surface area contributed by atoms with Gasteiger partial charge in [-0.2, -0.15) is 4.89 Å². The van der Waals surface area contributed by atoms with E-state index >= 15 is 0 Å². The lowest BCUT2D eigenvalue weighted by Crippen LogP contribution is -2.26. The zero-order chi connectivity index (χ0) is 13.4. The van der Waals surface area contributed by atoms with Gasteiger partial charge in [0.15, 0.2) is 6.61 Å². The first kappa shape index (κ1) is 15.3. The summed E-state index contributed by atoms with van der Waals surface area (Å²) in [7, 11) is 1.32. The van der Waals surface area contributed by atoms with Crippen LogP contribution in [0.25, 0.3) is 0 Å². The molecule has 0 aromatic rings. The van der Waals surface area contributed by atoms with Crippen LogP contribution in [0.1, 0.15) is 13.8 Å². The molecule has 0 saturated heterocycles. The molecule has 0 saturated carbocycles. The largest absolute Gasteiger partial charge is 0.430 e. The Balaban J connectivity index is 3.99. The summed E-state index contributed by atoms with van der Waals surface area (Å²) in [6, 6.07) is 0. The van der Waals surface area contributed by atoms with Crippen molar-refractivity contribution in [3.63, 3.8) is 0 Å². The van der Waals surface area contributed by atoms with E-state index in [1.165, 1.54) is 21.0 Å². The van der Waals surface area contributed by atoms with Crippen LogP contribution in [-0.2, 0) is 28.8 Å². The number of carbonyl (C=O) groups excluding carboxylic acids is 2. The second-order valence-corrected chi connectivity index (χ2v) is 3.29. The maximum absolute atomic E-state index is 11.1. The first-order valence-corrected chi connectivity index (χ1v) is 4.77. The molecule has 1 atom stereocenters. The highest BCUT2D eigenvalue weighted by Crippen LogP contribution is 2.01. The maximum atomic E-state index is 11.1. The van der Waals surface area contributed by atoms with Crippen molar-refractivity contribution in [1.82, 2.24) is 0 Å². The van der Waals surface area contributed by atoms with Gasteiger partial charge in [0, 0.05) is 18.3 Å². The van der Waals surface area contributed by atoms with E-state index in [-0.39, 0.29) is 17.8 Å². The number of methoxy groups -OCH3 is 1. The average molecular weight is 244 g/mol. The van der Waals surface area contributed by atoms with Crippen molar-refractivity contribution in [3.8, 4) is 0 Å². The SMILES string of the molecule is C=C(C)C(=O)OOCC(OC)OC(=O)C(=C)C. The fourth-order valence-corrected chi connectivity index (χ4v) is 0.584. The molecule has 17 heavy (non-hydrogen) atoms. The molecule has 0 amide bonds. The van der Waals surface area contributed by atoms with Gasteiger partial charge >= 0.3 is 11.9 Å². The third-order valence-electron chi connectivity index (χ3n) is 1.54. The Hall–Kier alpha value is -1.66. The maximum Gasteiger partial charge on any atom is 0.368 e. The lowest BCUT2D eigenvalue weighted by atomic mass is 10.4. The Morgan fingerprint density at radius 2 is 1.65 bits per heavy atom. The summed E-state index contributed by atoms with van der Waals surface area (Å²) < 4.78 is 9.59. The van der Waals surface area contributed by atoms with Crippen molar-refractivity contribution >= 4 is 11.9 Å². The number of carbonyl (C=O) groups is 2. The van der Waals surface area contributed by atoms with Gasteiger partial charge in [-0.1, -0.05) is 13.2 Å². The Kier molecular flexibility index (Phi) is 6.85. The fourth-order valence-electron chi connectivity index (χ4n) is 0.584. The van der Waals surface area contributed by atoms with Crippen LogP contribution in [0, 0.1) is 0 Å². The van der Waals surface area contributed by atoms with Gasteiger partial charge in [0.25, 0.3) is 0 Å². The van der Waals surface area contributed by atoms with E-state index in [1.54, 1.807) is 0 Å². The molecule has 0 aromatic heterocycles. The summed E-state index contributed by atoms with van der Waals surface area (Å²) in [5.41, 5.74) is 0.420. The minimum Gasteiger partial charge on any atom is -0.430 e. The molecule has 0 heterocycles. The van der Waals surface area contributed by atoms with E-state index in [2.05, 4.69) is 22.9 Å². The molecule has 0 N–H and O–H groups in total. The number of ether oxygens (including phenoxy) is 2. The second-order valence-electron chi connectivity index (χ2n) is 3.29. The van der Waals surface area contributed by atoms with Gasteiger partial charge in [0.05, 0.1) is 0 Å². The van der Waals surface area contributed by atoms with E-state index in [0.29, 0.717) is 0 Å². The molecule has 0 aromatic carbocycles. The first-order valence-electron chi connectivity index (χ1n) is 4.77. The molecule has 0 spiro atoms. The quantitative estimate of drug-likeness (QED) is 0.220. The Bertz CT molecular complexity index is 320. The Morgan fingerprint density at radius 3 is 2.06 bits per heavy atom. The van der Waals surface area contributed by atoms with E-state index < -0.39 is 18.2 Å². The molecule has 0 fully saturated rings. The lowest BCUT2D eigenvalue weighted by Gasteiger charge is -2.15. The lowest BCUT2D eigenvalue weighted by molar-refractivity contribution is -0.296. The predicted molar refractivity (Wildman–Crippen MR) is 58.6 cm³/mol. The van der Waals surface area contributed by atoms with Crippen LogP contribution in [-0.4, -0.2) is 31.9 Å². The van der Waals surface area contributed by atoms with Crippen LogP contribution >= 0.6 is 0 Å². The number of esters is 1. The van der Waals surface area contributed by atoms with Crippen LogP contribution in [0.3, 0.4) is 0 Å². The zero-order valence-electron chi connectivity index (χ0n) is 10.1. The van der Waals surface area contributed by atoms with Gasteiger partial charge in [0.2, 0.25) is 6.29 Å². The third-order valence-corrected chi connectivity index (χ3v) is 1.54. The van der Waals surface area contributed by atoms with E-state index in [9.17, 15) is 9.59 Å². The summed E-state index contributed by atoms with van der Waals surface area (Å²) in [5.74, 6) is -1.32. The molecule has 0 radical (unpaired) electrons. The Labute approximate surface area is 99.7 Å². The van der Waals surface area contributed by atoms with E-state index in [1.807, 2.05) is 0 Å². The minimum atomic E-state index is -0.975. The third kappa shape index (κ3) is 6.49. The number of hydrogen-bond acceptors (Lipinski definition) is 6. The van der Waals surface area contributed by atoms with Crippen molar-refractivity contribution in [3.05, 3.63) is 24.3 Å². The zero-order valence-corrected chi connectivity index (χ0v) is 10.1. The minimum absolute atomic E-state index is 0.192. The fraction of sp³-hybridized carbons (Fsp3) is 0.455. The van der Waals surface area contributed by atoms with E-state index in [0.717, 1.165) is 0 Å². The standard InChI is InChI=1S/C11H16O6/c1-7(2)10(12)16-9(14-5)6-15-17-11(13)8(3)4/h9H,1,3,6H2,2,4-5H3. The van der Waals surface area contributed by atoms with E-state index in [4.69, 9.17) is 9.47 Å². The van der Waals surface area contributed by atoms with Gasteiger partial charge in [-0.15, -0.1) is 0 Å². The van der Waals surface area contributed by atoms with Crippen LogP contribution in [0.5, 0.6) is 0 Å². The van der Waals surface area contributed by atoms with Crippen molar-refractivity contribution in [2.45, 2.75) is 20.1 Å². The Morgan fingerprint density at radius 1 is 1.12 bits per heavy atom. The van der Waals surface area contributed by atoms with Gasteiger partial charge in [-0.05, 0) is 13.8 Å². The predicted octanol–water partition coefficient (Wildman–Crippen LogP) is 1.13. The van der Waals surface area contributed by atoms with Crippen LogP contribution in [0.4, 0.5) is 0 Å². The second kappa shape index (κ2) is 7.59. The highest BCUT2D eigenvalue weighted by atomic mass is 17.2. The molecule has 0 aliphatic rings. The molecule has 0 rings (SSSR count). The summed E-state index contributed by atoms with van der Waals surface area (Å²) >= 11 is 0. The van der Waals surface area contributed by atoms with Gasteiger partial charge in [0.1, 0.15) is 0 Å². The van der Waals surface area contributed by atoms with Gasteiger partial charge in [-0.3, -0.25) is 4.89 Å².